The number of fused-ring (bicyclic) bond motifs is 1. The Balaban J connectivity index is 1.40. The largest absolute Gasteiger partial charge is 0.497 e. The van der Waals surface area contributed by atoms with Gasteiger partial charge in [-0.1, -0.05) is 11.6 Å². The van der Waals surface area contributed by atoms with Gasteiger partial charge in [-0.25, -0.2) is 8.78 Å². The van der Waals surface area contributed by atoms with Crippen LogP contribution in [0.1, 0.15) is 24.8 Å². The van der Waals surface area contributed by atoms with Crippen LogP contribution in [-0.4, -0.2) is 78.6 Å². The molecular formula is C26H28ClF2N5O4. The summed E-state index contributed by atoms with van der Waals surface area (Å²) in [4.78, 5) is 17.3. The second-order valence-electron chi connectivity index (χ2n) is 9.89. The minimum Gasteiger partial charge on any atom is -0.497 e. The lowest BCUT2D eigenvalue weighted by Crippen LogP contribution is -2.43. The van der Waals surface area contributed by atoms with Gasteiger partial charge < -0.3 is 23.8 Å². The van der Waals surface area contributed by atoms with E-state index in [1.54, 1.807) is 20.3 Å². The molecule has 0 radical (unpaired) electrons. The van der Waals surface area contributed by atoms with Gasteiger partial charge in [0, 0.05) is 31.1 Å². The number of halogens is 3. The van der Waals surface area contributed by atoms with Gasteiger partial charge in [-0.3, -0.25) is 4.90 Å². The first-order valence-electron chi connectivity index (χ1n) is 12.6. The normalized spacial score (nSPS) is 22.8. The summed E-state index contributed by atoms with van der Waals surface area (Å²) in [5.74, 6) is 1.10. The summed E-state index contributed by atoms with van der Waals surface area (Å²) >= 11 is 6.10. The molecule has 2 saturated heterocycles. The second kappa shape index (κ2) is 9.85. The molecule has 202 valence electrons. The number of hydrogen-bond acceptors (Lipinski definition) is 9. The Bertz CT molecular complexity index is 1380. The number of pyridine rings is 1. The highest BCUT2D eigenvalue weighted by molar-refractivity contribution is 6.30. The number of benzene rings is 1. The van der Waals surface area contributed by atoms with Crippen LogP contribution in [-0.2, 0) is 6.54 Å². The van der Waals surface area contributed by atoms with Crippen molar-refractivity contribution in [1.29, 1.82) is 0 Å². The number of hydrogen-bond donors (Lipinski definition) is 0. The summed E-state index contributed by atoms with van der Waals surface area (Å²) in [6.07, 6.45) is 1.32. The van der Waals surface area contributed by atoms with Gasteiger partial charge in [0.1, 0.15) is 47.6 Å². The molecule has 0 aliphatic carbocycles. The van der Waals surface area contributed by atoms with E-state index in [4.69, 9.17) is 35.5 Å². The first kappa shape index (κ1) is 25.1. The molecule has 0 amide bonds. The molecule has 2 fully saturated rings. The molecule has 1 aromatic carbocycles. The highest BCUT2D eigenvalue weighted by Crippen LogP contribution is 2.42. The van der Waals surface area contributed by atoms with E-state index in [1.165, 1.54) is 0 Å². The first-order valence-corrected chi connectivity index (χ1v) is 13.0. The number of nitrogens with zero attached hydrogens (tertiary/aromatic N) is 5. The standard InChI is InChI=1S/C26H28ClF2N5O4/c1-35-17-5-4-15(18(10-17)36-2)12-33-8-9-37-24-19-21(20(29)22(27)31-24)30-25(32-23(19)33)38-14-26-6-3-7-34(26)13-16(28)11-26/h4-5,10,16H,3,6-9,11-14H2,1-2H3/t16?,26-/m0/s1. The lowest BCUT2D eigenvalue weighted by molar-refractivity contribution is 0.107. The topological polar surface area (TPSA) is 82.1 Å². The van der Waals surface area contributed by atoms with E-state index >= 15 is 4.39 Å². The van der Waals surface area contributed by atoms with Crippen LogP contribution in [0.15, 0.2) is 18.2 Å². The van der Waals surface area contributed by atoms with Gasteiger partial charge in [0.05, 0.1) is 26.3 Å². The van der Waals surface area contributed by atoms with E-state index in [0.29, 0.717) is 48.8 Å². The molecule has 38 heavy (non-hydrogen) atoms. The Morgan fingerprint density at radius 1 is 1.18 bits per heavy atom. The van der Waals surface area contributed by atoms with Gasteiger partial charge in [0.25, 0.3) is 0 Å². The summed E-state index contributed by atoms with van der Waals surface area (Å²) in [6, 6.07) is 5.55. The zero-order chi connectivity index (χ0) is 26.4. The van der Waals surface area contributed by atoms with Crippen LogP contribution < -0.4 is 23.8 Å². The van der Waals surface area contributed by atoms with Crippen molar-refractivity contribution in [3.8, 4) is 23.4 Å². The fraction of sp³-hybridized carbons (Fsp3) is 0.500. The third-order valence-electron chi connectivity index (χ3n) is 7.66. The number of alkyl halides is 1. The summed E-state index contributed by atoms with van der Waals surface area (Å²) in [5, 5.41) is -0.0282. The van der Waals surface area contributed by atoms with Crippen molar-refractivity contribution in [1.82, 2.24) is 19.9 Å². The average molecular weight is 548 g/mol. The molecule has 3 aromatic rings. The maximum Gasteiger partial charge on any atom is 0.319 e. The van der Waals surface area contributed by atoms with Crippen LogP contribution in [0.3, 0.4) is 0 Å². The third-order valence-corrected chi connectivity index (χ3v) is 7.91. The van der Waals surface area contributed by atoms with Crippen molar-refractivity contribution >= 4 is 28.3 Å². The van der Waals surface area contributed by atoms with Gasteiger partial charge >= 0.3 is 6.01 Å². The Kier molecular flexibility index (Phi) is 6.51. The number of rotatable bonds is 7. The first-order chi connectivity index (χ1) is 18.4. The van der Waals surface area contributed by atoms with Gasteiger partial charge in [-0.2, -0.15) is 15.0 Å². The quantitative estimate of drug-likeness (QED) is 0.404. The van der Waals surface area contributed by atoms with Gasteiger partial charge in [0.2, 0.25) is 5.88 Å². The van der Waals surface area contributed by atoms with Crippen molar-refractivity contribution in [2.45, 2.75) is 37.5 Å². The predicted molar refractivity (Wildman–Crippen MR) is 137 cm³/mol. The molecule has 0 saturated carbocycles. The lowest BCUT2D eigenvalue weighted by Gasteiger charge is -2.31. The molecule has 3 aliphatic rings. The van der Waals surface area contributed by atoms with Crippen LogP contribution in [0.5, 0.6) is 23.4 Å². The van der Waals surface area contributed by atoms with E-state index in [0.717, 1.165) is 24.9 Å². The van der Waals surface area contributed by atoms with E-state index in [9.17, 15) is 4.39 Å². The molecule has 12 heteroatoms. The summed E-state index contributed by atoms with van der Waals surface area (Å²) in [6.45, 7) is 2.53. The number of anilines is 1. The summed E-state index contributed by atoms with van der Waals surface area (Å²) < 4.78 is 52.4. The minimum absolute atomic E-state index is 0.00301. The predicted octanol–water partition coefficient (Wildman–Crippen LogP) is 4.19. The van der Waals surface area contributed by atoms with E-state index < -0.39 is 17.5 Å². The van der Waals surface area contributed by atoms with Gasteiger partial charge in [-0.05, 0) is 31.5 Å². The van der Waals surface area contributed by atoms with Gasteiger partial charge in [-0.15, -0.1) is 0 Å². The fourth-order valence-electron chi connectivity index (χ4n) is 5.82. The van der Waals surface area contributed by atoms with Crippen LogP contribution in [0.2, 0.25) is 5.15 Å². The average Bonchev–Trinajstić information content (AvgIpc) is 3.38. The van der Waals surface area contributed by atoms with Crippen LogP contribution in [0.25, 0.3) is 10.9 Å². The molecule has 0 spiro atoms. The monoisotopic (exact) mass is 547 g/mol. The van der Waals surface area contributed by atoms with Crippen molar-refractivity contribution in [3.63, 3.8) is 0 Å². The molecule has 0 N–H and O–H groups in total. The Hall–Kier alpha value is -3.18. The Labute approximate surface area is 223 Å². The van der Waals surface area contributed by atoms with Crippen molar-refractivity contribution in [2.75, 3.05) is 52.0 Å². The van der Waals surface area contributed by atoms with E-state index in [2.05, 4.69) is 14.9 Å². The molecule has 6 rings (SSSR count). The molecule has 5 heterocycles. The maximum atomic E-state index is 15.3. The summed E-state index contributed by atoms with van der Waals surface area (Å²) in [5.41, 5.74) is 0.433. The highest BCUT2D eigenvalue weighted by Gasteiger charge is 2.49. The van der Waals surface area contributed by atoms with Crippen LogP contribution >= 0.6 is 11.6 Å². The fourth-order valence-corrected chi connectivity index (χ4v) is 5.99. The van der Waals surface area contributed by atoms with E-state index in [-0.39, 0.29) is 35.8 Å². The SMILES string of the molecule is COc1ccc(CN2CCOc3nc(Cl)c(F)c4nc(OC[C@@]56CCCN5CC(F)C6)nc2c34)c(OC)c1. The van der Waals surface area contributed by atoms with Crippen molar-refractivity contribution in [3.05, 3.63) is 34.7 Å². The molecule has 9 nitrogen and oxygen atoms in total. The maximum absolute atomic E-state index is 15.3. The Morgan fingerprint density at radius 3 is 2.87 bits per heavy atom. The molecule has 1 unspecified atom stereocenters. The third kappa shape index (κ3) is 4.31. The molecule has 2 aromatic heterocycles. The second-order valence-corrected chi connectivity index (χ2v) is 10.2. The van der Waals surface area contributed by atoms with Crippen LogP contribution in [0.4, 0.5) is 14.6 Å². The van der Waals surface area contributed by atoms with Gasteiger partial charge in [0.15, 0.2) is 11.0 Å². The number of ether oxygens (including phenoxy) is 4. The van der Waals surface area contributed by atoms with E-state index in [1.807, 2.05) is 17.0 Å². The summed E-state index contributed by atoms with van der Waals surface area (Å²) in [7, 11) is 3.18. The smallest absolute Gasteiger partial charge is 0.319 e. The number of methoxy groups -OCH3 is 2. The lowest BCUT2D eigenvalue weighted by atomic mass is 9.95. The number of aromatic nitrogens is 3. The zero-order valence-corrected chi connectivity index (χ0v) is 21.9. The molecular weight excluding hydrogens is 520 g/mol. The molecule has 0 bridgehead atoms. The molecule has 2 atom stereocenters. The Morgan fingerprint density at radius 2 is 2.05 bits per heavy atom. The van der Waals surface area contributed by atoms with Crippen molar-refractivity contribution in [2.24, 2.45) is 0 Å². The minimum atomic E-state index is -0.891. The highest BCUT2D eigenvalue weighted by atomic mass is 35.5. The van der Waals surface area contributed by atoms with Crippen LogP contribution in [0, 0.1) is 5.82 Å². The zero-order valence-electron chi connectivity index (χ0n) is 21.2. The van der Waals surface area contributed by atoms with Crippen molar-refractivity contribution < 1.29 is 27.7 Å². The molecule has 3 aliphatic heterocycles.